The number of unbranched alkanes of at least 4 members (excludes halogenated alkanes) is 50. The largest absolute Gasteiger partial charge is 0.472 e. The molecule has 0 heterocycles. The molecule has 0 spiro atoms. The standard InChI is InChI=1S/C82H160O17P2/c1-7-10-12-14-15-16-17-18-19-20-21-22-23-24-25-26-33-38-43-48-54-60-67-82(87)99-78(71-93-80(85)65-59-53-47-42-37-32-28-27-31-36-41-46-52-57-63-75(6)9-3)73-97-101(90,91)95-69-76(83)68-94-100(88,89)96-72-77(70-92-79(84)64-58-50-13-11-8-2)98-81(86)66-61-55-49-44-39-34-29-30-35-40-45-51-56-62-74(4)5/h74-78,83H,7-73H2,1-6H3,(H,88,89)(H,90,91)/t75?,76-,77+,78+/m0/s1. The van der Waals surface area contributed by atoms with Crippen molar-refractivity contribution in [2.24, 2.45) is 11.8 Å². The van der Waals surface area contributed by atoms with E-state index in [4.69, 9.17) is 37.0 Å². The molecule has 0 saturated carbocycles. The predicted octanol–water partition coefficient (Wildman–Crippen LogP) is 24.7. The number of rotatable bonds is 81. The number of carbonyl (C=O) groups is 4. The van der Waals surface area contributed by atoms with E-state index in [-0.39, 0.29) is 25.7 Å². The van der Waals surface area contributed by atoms with Gasteiger partial charge in [-0.05, 0) is 37.5 Å². The van der Waals surface area contributed by atoms with E-state index < -0.39 is 97.5 Å². The Morgan fingerprint density at radius 2 is 0.505 bits per heavy atom. The van der Waals surface area contributed by atoms with Gasteiger partial charge < -0.3 is 33.8 Å². The second-order valence-electron chi connectivity index (χ2n) is 30.2. The molecule has 600 valence electrons. The third-order valence-corrected chi connectivity index (χ3v) is 21.5. The van der Waals surface area contributed by atoms with Gasteiger partial charge >= 0.3 is 39.5 Å². The van der Waals surface area contributed by atoms with Crippen LogP contribution in [-0.4, -0.2) is 96.7 Å². The lowest BCUT2D eigenvalue weighted by molar-refractivity contribution is -0.161. The minimum Gasteiger partial charge on any atom is -0.462 e. The molecule has 0 radical (unpaired) electrons. The molecule has 0 aliphatic carbocycles. The minimum absolute atomic E-state index is 0.106. The summed E-state index contributed by atoms with van der Waals surface area (Å²) in [6.07, 6.45) is 64.3. The van der Waals surface area contributed by atoms with Crippen LogP contribution in [0.15, 0.2) is 0 Å². The molecule has 0 aliphatic rings. The van der Waals surface area contributed by atoms with Crippen LogP contribution in [0, 0.1) is 11.8 Å². The van der Waals surface area contributed by atoms with Crippen LogP contribution >= 0.6 is 15.6 Å². The summed E-state index contributed by atoms with van der Waals surface area (Å²) in [4.78, 5) is 72.8. The van der Waals surface area contributed by atoms with Crippen LogP contribution in [0.3, 0.4) is 0 Å². The molecule has 0 aromatic rings. The van der Waals surface area contributed by atoms with Crippen molar-refractivity contribution in [2.75, 3.05) is 39.6 Å². The number of phosphoric ester groups is 2. The third-order valence-electron chi connectivity index (χ3n) is 19.6. The molecule has 0 amide bonds. The van der Waals surface area contributed by atoms with Gasteiger partial charge in [-0.1, -0.05) is 382 Å². The first-order valence-electron chi connectivity index (χ1n) is 42.5. The van der Waals surface area contributed by atoms with Crippen LogP contribution in [0.25, 0.3) is 0 Å². The maximum absolute atomic E-state index is 13.1. The monoisotopic (exact) mass is 1480 g/mol. The van der Waals surface area contributed by atoms with E-state index in [2.05, 4.69) is 41.5 Å². The Bertz CT molecular complexity index is 1940. The maximum Gasteiger partial charge on any atom is 0.472 e. The van der Waals surface area contributed by atoms with E-state index in [1.54, 1.807) is 0 Å². The molecule has 0 aromatic carbocycles. The minimum atomic E-state index is -4.96. The van der Waals surface area contributed by atoms with Gasteiger partial charge in [0.05, 0.1) is 26.4 Å². The van der Waals surface area contributed by atoms with E-state index in [0.29, 0.717) is 25.7 Å². The summed E-state index contributed by atoms with van der Waals surface area (Å²) in [7, 11) is -9.91. The van der Waals surface area contributed by atoms with Crippen LogP contribution in [0.5, 0.6) is 0 Å². The van der Waals surface area contributed by atoms with Crippen molar-refractivity contribution in [3.8, 4) is 0 Å². The fraction of sp³-hybridized carbons (Fsp3) is 0.951. The van der Waals surface area contributed by atoms with Crippen LogP contribution < -0.4 is 0 Å². The van der Waals surface area contributed by atoms with Gasteiger partial charge in [0, 0.05) is 25.7 Å². The quantitative estimate of drug-likeness (QED) is 0.0222. The van der Waals surface area contributed by atoms with Crippen molar-refractivity contribution in [3.63, 3.8) is 0 Å². The van der Waals surface area contributed by atoms with Gasteiger partial charge in [-0.15, -0.1) is 0 Å². The maximum atomic E-state index is 13.1. The first-order valence-corrected chi connectivity index (χ1v) is 45.5. The Hall–Kier alpha value is -1.94. The lowest BCUT2D eigenvalue weighted by atomic mass is 9.99. The SMILES string of the molecule is CCCCCCCCCCCCCCCCCCCCCCCCC(=O)O[C@H](COC(=O)CCCCCCCCCCCCCCCCC(C)CC)COP(=O)(O)OC[C@@H](O)COP(=O)(O)OC[C@@H](COC(=O)CCCCCCC)OC(=O)CCCCCCCCCCCCCCCC(C)C. The van der Waals surface area contributed by atoms with Gasteiger partial charge in [-0.3, -0.25) is 37.3 Å². The number of hydrogen-bond donors (Lipinski definition) is 3. The third kappa shape index (κ3) is 74.7. The summed E-state index contributed by atoms with van der Waals surface area (Å²) in [5, 5.41) is 10.6. The van der Waals surface area contributed by atoms with Crippen molar-refractivity contribution < 1.29 is 80.2 Å². The second-order valence-corrected chi connectivity index (χ2v) is 33.1. The van der Waals surface area contributed by atoms with Gasteiger partial charge in [0.25, 0.3) is 0 Å². The highest BCUT2D eigenvalue weighted by molar-refractivity contribution is 7.47. The Morgan fingerprint density at radius 3 is 0.752 bits per heavy atom. The zero-order valence-electron chi connectivity index (χ0n) is 66.2. The summed E-state index contributed by atoms with van der Waals surface area (Å²) in [6.45, 7) is 9.62. The number of hydrogen-bond acceptors (Lipinski definition) is 15. The molecule has 0 fully saturated rings. The predicted molar refractivity (Wildman–Crippen MR) is 414 cm³/mol. The van der Waals surface area contributed by atoms with E-state index in [1.165, 1.54) is 244 Å². The van der Waals surface area contributed by atoms with Crippen LogP contribution in [0.1, 0.15) is 433 Å². The Morgan fingerprint density at radius 1 is 0.287 bits per heavy atom. The molecule has 0 aliphatic heterocycles. The number of esters is 4. The van der Waals surface area contributed by atoms with Crippen LogP contribution in [-0.2, 0) is 65.4 Å². The molecular weight excluding hydrogens is 1320 g/mol. The molecule has 3 N–H and O–H groups in total. The van der Waals surface area contributed by atoms with Crippen molar-refractivity contribution >= 4 is 39.5 Å². The van der Waals surface area contributed by atoms with Gasteiger partial charge in [0.1, 0.15) is 19.3 Å². The highest BCUT2D eigenvalue weighted by Crippen LogP contribution is 2.45. The highest BCUT2D eigenvalue weighted by atomic mass is 31.2. The normalized spacial score (nSPS) is 14.2. The fourth-order valence-corrected chi connectivity index (χ4v) is 14.3. The lowest BCUT2D eigenvalue weighted by Gasteiger charge is -2.21. The van der Waals surface area contributed by atoms with Crippen molar-refractivity contribution in [2.45, 2.75) is 452 Å². The van der Waals surface area contributed by atoms with E-state index in [1.807, 2.05) is 0 Å². The first-order chi connectivity index (χ1) is 48.9. The number of ether oxygens (including phenoxy) is 4. The fourth-order valence-electron chi connectivity index (χ4n) is 12.7. The molecule has 6 atom stereocenters. The van der Waals surface area contributed by atoms with E-state index in [0.717, 1.165) is 108 Å². The molecule has 0 aromatic heterocycles. The van der Waals surface area contributed by atoms with Crippen LogP contribution in [0.4, 0.5) is 0 Å². The van der Waals surface area contributed by atoms with Crippen molar-refractivity contribution in [1.29, 1.82) is 0 Å². The summed E-state index contributed by atoms with van der Waals surface area (Å²) < 4.78 is 68.5. The Balaban J connectivity index is 5.11. The first kappa shape index (κ1) is 99.1. The van der Waals surface area contributed by atoms with Crippen molar-refractivity contribution in [3.05, 3.63) is 0 Å². The second kappa shape index (κ2) is 73.6. The van der Waals surface area contributed by atoms with Gasteiger partial charge in [0.2, 0.25) is 0 Å². The molecule has 19 heteroatoms. The molecule has 3 unspecified atom stereocenters. The average molecular weight is 1480 g/mol. The summed E-state index contributed by atoms with van der Waals surface area (Å²) in [6, 6.07) is 0. The molecule has 17 nitrogen and oxygen atoms in total. The van der Waals surface area contributed by atoms with Crippen molar-refractivity contribution in [1.82, 2.24) is 0 Å². The number of aliphatic hydroxyl groups excluding tert-OH is 1. The zero-order valence-corrected chi connectivity index (χ0v) is 68.0. The van der Waals surface area contributed by atoms with Crippen LogP contribution in [0.2, 0.25) is 0 Å². The van der Waals surface area contributed by atoms with Gasteiger partial charge in [-0.2, -0.15) is 0 Å². The molecule has 101 heavy (non-hydrogen) atoms. The average Bonchev–Trinajstić information content (AvgIpc) is 0.971. The number of phosphoric acid groups is 2. The number of aliphatic hydroxyl groups is 1. The summed E-state index contributed by atoms with van der Waals surface area (Å²) in [5.74, 6) is -0.483. The molecule has 0 bridgehead atoms. The Kier molecular flexibility index (Phi) is 72.2. The lowest BCUT2D eigenvalue weighted by Crippen LogP contribution is -2.30. The smallest absolute Gasteiger partial charge is 0.462 e. The molecular formula is C82H160O17P2. The summed E-state index contributed by atoms with van der Waals surface area (Å²) in [5.41, 5.74) is 0. The van der Waals surface area contributed by atoms with E-state index >= 15 is 0 Å². The molecule has 0 rings (SSSR count). The Labute approximate surface area is 619 Å². The number of carbonyl (C=O) groups excluding carboxylic acids is 4. The zero-order chi connectivity index (χ0) is 74.2. The van der Waals surface area contributed by atoms with Gasteiger partial charge in [0.15, 0.2) is 12.2 Å². The highest BCUT2D eigenvalue weighted by Gasteiger charge is 2.30. The van der Waals surface area contributed by atoms with Gasteiger partial charge in [-0.25, -0.2) is 9.13 Å². The van der Waals surface area contributed by atoms with E-state index in [9.17, 15) is 43.2 Å². The summed E-state index contributed by atoms with van der Waals surface area (Å²) >= 11 is 0. The topological polar surface area (TPSA) is 237 Å². The molecule has 0 saturated heterocycles.